The topological polar surface area (TPSA) is 55.2 Å². The molecule has 1 atom stereocenters. The number of likely N-dealkylation sites (tertiary alicyclic amines) is 1. The first-order valence-corrected chi connectivity index (χ1v) is 10.8. The molecule has 1 aliphatic heterocycles. The van der Waals surface area contributed by atoms with Crippen LogP contribution in [-0.4, -0.2) is 38.7 Å². The third-order valence-electron chi connectivity index (χ3n) is 5.45. The van der Waals surface area contributed by atoms with E-state index in [0.717, 1.165) is 36.7 Å². The maximum atomic E-state index is 12.9. The van der Waals surface area contributed by atoms with Crippen molar-refractivity contribution in [3.8, 4) is 0 Å². The number of carbonyl (C=O) groups excluding carboxylic acids is 1. The highest BCUT2D eigenvalue weighted by molar-refractivity contribution is 8.00. The standard InChI is InChI=1S/C22H25N3O2S/c1-15(20(26)25-11-7-3-4-8-12-25)28-22-23-19-14-17-10-6-5-9-16(17)13-18(19)21(27)24(22)2/h5-6,9-10,13-15H,3-4,7-8,11-12H2,1-2H3/t15-/m1/s1. The van der Waals surface area contributed by atoms with Crippen molar-refractivity contribution in [2.24, 2.45) is 7.05 Å². The molecule has 0 N–H and O–H groups in total. The molecule has 6 heteroatoms. The van der Waals surface area contributed by atoms with Crippen LogP contribution in [0.3, 0.4) is 0 Å². The molecule has 1 aliphatic rings. The zero-order valence-electron chi connectivity index (χ0n) is 16.4. The molecular formula is C22H25N3O2S. The van der Waals surface area contributed by atoms with Gasteiger partial charge in [-0.05, 0) is 42.7 Å². The first-order chi connectivity index (χ1) is 13.5. The Hall–Kier alpha value is -2.34. The van der Waals surface area contributed by atoms with Gasteiger partial charge in [-0.25, -0.2) is 4.98 Å². The Morgan fingerprint density at radius 3 is 2.39 bits per heavy atom. The van der Waals surface area contributed by atoms with Gasteiger partial charge in [0.25, 0.3) is 5.56 Å². The summed E-state index contributed by atoms with van der Waals surface area (Å²) in [6.07, 6.45) is 4.53. The summed E-state index contributed by atoms with van der Waals surface area (Å²) in [4.78, 5) is 32.5. The average molecular weight is 396 g/mol. The number of aromatic nitrogens is 2. The molecule has 0 unspecified atom stereocenters. The fourth-order valence-corrected chi connectivity index (χ4v) is 4.76. The van der Waals surface area contributed by atoms with Crippen LogP contribution in [0.5, 0.6) is 0 Å². The number of thioether (sulfide) groups is 1. The van der Waals surface area contributed by atoms with E-state index in [4.69, 9.17) is 4.98 Å². The number of nitrogens with zero attached hydrogens (tertiary/aromatic N) is 3. The number of carbonyl (C=O) groups is 1. The van der Waals surface area contributed by atoms with Crippen LogP contribution in [-0.2, 0) is 11.8 Å². The van der Waals surface area contributed by atoms with Crippen molar-refractivity contribution in [3.05, 3.63) is 46.8 Å². The second-order valence-electron chi connectivity index (χ2n) is 7.47. The maximum absolute atomic E-state index is 12.9. The molecule has 2 heterocycles. The molecule has 0 aliphatic carbocycles. The predicted octanol–water partition coefficient (Wildman–Crippen LogP) is 3.97. The second-order valence-corrected chi connectivity index (χ2v) is 8.78. The molecular weight excluding hydrogens is 370 g/mol. The minimum Gasteiger partial charge on any atom is -0.342 e. The van der Waals surface area contributed by atoms with Gasteiger partial charge in [0.05, 0.1) is 16.2 Å². The summed E-state index contributed by atoms with van der Waals surface area (Å²) in [5.74, 6) is 0.139. The molecule has 2 aromatic carbocycles. The first kappa shape index (κ1) is 19.0. The minimum atomic E-state index is -0.269. The Labute approximate surface area is 168 Å². The van der Waals surface area contributed by atoms with Gasteiger partial charge in [-0.2, -0.15) is 0 Å². The number of hydrogen-bond acceptors (Lipinski definition) is 4. The van der Waals surface area contributed by atoms with Crippen molar-refractivity contribution in [2.45, 2.75) is 43.0 Å². The van der Waals surface area contributed by atoms with Crippen LogP contribution in [0.2, 0.25) is 0 Å². The molecule has 5 nitrogen and oxygen atoms in total. The molecule has 1 amide bonds. The smallest absolute Gasteiger partial charge is 0.261 e. The van der Waals surface area contributed by atoms with E-state index in [1.54, 1.807) is 11.6 Å². The maximum Gasteiger partial charge on any atom is 0.261 e. The molecule has 0 saturated carbocycles. The summed E-state index contributed by atoms with van der Waals surface area (Å²) >= 11 is 1.37. The molecule has 146 valence electrons. The van der Waals surface area contributed by atoms with Gasteiger partial charge < -0.3 is 4.90 Å². The predicted molar refractivity (Wildman–Crippen MR) is 115 cm³/mol. The molecule has 3 aromatic rings. The van der Waals surface area contributed by atoms with Crippen LogP contribution in [0.25, 0.3) is 21.7 Å². The van der Waals surface area contributed by atoms with Gasteiger partial charge in [-0.1, -0.05) is 48.9 Å². The monoisotopic (exact) mass is 395 g/mol. The normalized spacial score (nSPS) is 16.3. The van der Waals surface area contributed by atoms with Gasteiger partial charge in [0.15, 0.2) is 5.16 Å². The van der Waals surface area contributed by atoms with Crippen LogP contribution in [0.15, 0.2) is 46.3 Å². The lowest BCUT2D eigenvalue weighted by Gasteiger charge is -2.24. The van der Waals surface area contributed by atoms with Gasteiger partial charge in [-0.3, -0.25) is 14.2 Å². The van der Waals surface area contributed by atoms with Crippen molar-refractivity contribution in [2.75, 3.05) is 13.1 Å². The van der Waals surface area contributed by atoms with Crippen LogP contribution in [0.4, 0.5) is 0 Å². The van der Waals surface area contributed by atoms with E-state index in [-0.39, 0.29) is 16.7 Å². The molecule has 0 bridgehead atoms. The lowest BCUT2D eigenvalue weighted by Crippen LogP contribution is -2.37. The Morgan fingerprint density at radius 2 is 1.71 bits per heavy atom. The van der Waals surface area contributed by atoms with E-state index in [0.29, 0.717) is 16.1 Å². The Balaban J connectivity index is 1.66. The molecule has 0 spiro atoms. The number of amides is 1. The van der Waals surface area contributed by atoms with E-state index >= 15 is 0 Å². The quantitative estimate of drug-likeness (QED) is 0.383. The fourth-order valence-electron chi connectivity index (χ4n) is 3.80. The van der Waals surface area contributed by atoms with Gasteiger partial charge in [-0.15, -0.1) is 0 Å². The lowest BCUT2D eigenvalue weighted by atomic mass is 10.1. The molecule has 0 radical (unpaired) electrons. The first-order valence-electron chi connectivity index (χ1n) is 9.89. The van der Waals surface area contributed by atoms with Crippen molar-refractivity contribution < 1.29 is 4.79 Å². The van der Waals surface area contributed by atoms with Gasteiger partial charge in [0.1, 0.15) is 0 Å². The molecule has 1 aromatic heterocycles. The third kappa shape index (κ3) is 3.65. The fraction of sp³-hybridized carbons (Fsp3) is 0.409. The van der Waals surface area contributed by atoms with Crippen LogP contribution < -0.4 is 5.56 Å². The highest BCUT2D eigenvalue weighted by atomic mass is 32.2. The number of rotatable bonds is 3. The van der Waals surface area contributed by atoms with E-state index < -0.39 is 0 Å². The van der Waals surface area contributed by atoms with Gasteiger partial charge >= 0.3 is 0 Å². The van der Waals surface area contributed by atoms with E-state index in [2.05, 4.69) is 0 Å². The number of benzene rings is 2. The largest absolute Gasteiger partial charge is 0.342 e. The molecule has 1 fully saturated rings. The summed E-state index contributed by atoms with van der Waals surface area (Å²) in [6.45, 7) is 3.58. The number of hydrogen-bond donors (Lipinski definition) is 0. The number of fused-ring (bicyclic) bond motifs is 2. The van der Waals surface area contributed by atoms with Gasteiger partial charge in [0.2, 0.25) is 5.91 Å². The van der Waals surface area contributed by atoms with Crippen molar-refractivity contribution in [1.82, 2.24) is 14.5 Å². The van der Waals surface area contributed by atoms with E-state index in [1.165, 1.54) is 24.6 Å². The van der Waals surface area contributed by atoms with Crippen molar-refractivity contribution >= 4 is 39.3 Å². The Kier molecular flexibility index (Phi) is 5.40. The SMILES string of the molecule is C[C@@H](Sc1nc2cc3ccccc3cc2c(=O)n1C)C(=O)N1CCCCCC1. The summed E-state index contributed by atoms with van der Waals surface area (Å²) in [5, 5.41) is 3.01. The highest BCUT2D eigenvalue weighted by Crippen LogP contribution is 2.26. The van der Waals surface area contributed by atoms with Crippen molar-refractivity contribution in [3.63, 3.8) is 0 Å². The zero-order chi connectivity index (χ0) is 19.7. The second kappa shape index (κ2) is 7.95. The average Bonchev–Trinajstić information content (AvgIpc) is 2.99. The van der Waals surface area contributed by atoms with Crippen LogP contribution in [0, 0.1) is 0 Å². The van der Waals surface area contributed by atoms with Crippen molar-refractivity contribution in [1.29, 1.82) is 0 Å². The van der Waals surface area contributed by atoms with Crippen LogP contribution >= 0.6 is 11.8 Å². The minimum absolute atomic E-state index is 0.0762. The summed E-state index contributed by atoms with van der Waals surface area (Å²) in [5.41, 5.74) is 0.603. The summed E-state index contributed by atoms with van der Waals surface area (Å²) in [7, 11) is 1.73. The third-order valence-corrected chi connectivity index (χ3v) is 6.58. The van der Waals surface area contributed by atoms with Crippen LogP contribution in [0.1, 0.15) is 32.6 Å². The summed E-state index contributed by atoms with van der Waals surface area (Å²) < 4.78 is 1.56. The lowest BCUT2D eigenvalue weighted by molar-refractivity contribution is -0.130. The molecule has 28 heavy (non-hydrogen) atoms. The Bertz CT molecular complexity index is 1080. The molecule has 1 saturated heterocycles. The summed E-state index contributed by atoms with van der Waals surface area (Å²) in [6, 6.07) is 11.8. The molecule has 4 rings (SSSR count). The van der Waals surface area contributed by atoms with E-state index in [9.17, 15) is 9.59 Å². The van der Waals surface area contributed by atoms with E-state index in [1.807, 2.05) is 48.2 Å². The highest BCUT2D eigenvalue weighted by Gasteiger charge is 2.24. The van der Waals surface area contributed by atoms with Gasteiger partial charge in [0, 0.05) is 20.1 Å². The zero-order valence-corrected chi connectivity index (χ0v) is 17.2. The Morgan fingerprint density at radius 1 is 1.07 bits per heavy atom.